The number of halogens is 2. The van der Waals surface area contributed by atoms with Crippen LogP contribution in [-0.2, 0) is 6.54 Å². The average molecular weight is 322 g/mol. The van der Waals surface area contributed by atoms with Gasteiger partial charge in [0.1, 0.15) is 5.82 Å². The predicted molar refractivity (Wildman–Crippen MR) is 76.4 cm³/mol. The summed E-state index contributed by atoms with van der Waals surface area (Å²) < 4.78 is 14.2. The fourth-order valence-electron chi connectivity index (χ4n) is 1.79. The van der Waals surface area contributed by atoms with Crippen molar-refractivity contribution in [1.82, 2.24) is 5.32 Å². The molecule has 2 nitrogen and oxygen atoms in total. The first-order valence-electron chi connectivity index (χ1n) is 5.85. The van der Waals surface area contributed by atoms with E-state index in [-0.39, 0.29) is 5.91 Å². The summed E-state index contributed by atoms with van der Waals surface area (Å²) in [6, 6.07) is 11.9. The number of carbonyl (C=O) groups excluding carboxylic acids is 1. The van der Waals surface area contributed by atoms with Crippen LogP contribution in [0.25, 0.3) is 0 Å². The molecule has 19 heavy (non-hydrogen) atoms. The standard InChI is InChI=1S/C15H13BrFNO/c1-10-6-12(8-13(17)7-10)15(19)18-9-11-4-2-3-5-14(11)16/h2-8H,9H2,1H3,(H,18,19). The number of benzene rings is 2. The van der Waals surface area contributed by atoms with Gasteiger partial charge in [-0.3, -0.25) is 4.79 Å². The van der Waals surface area contributed by atoms with Gasteiger partial charge in [0.25, 0.3) is 5.91 Å². The van der Waals surface area contributed by atoms with Crippen molar-refractivity contribution in [3.8, 4) is 0 Å². The Labute approximate surface area is 119 Å². The molecule has 0 bridgehead atoms. The Morgan fingerprint density at radius 3 is 2.68 bits per heavy atom. The molecule has 2 aromatic rings. The highest BCUT2D eigenvalue weighted by Gasteiger charge is 2.08. The normalized spacial score (nSPS) is 10.3. The molecule has 0 aliphatic rings. The average Bonchev–Trinajstić information content (AvgIpc) is 2.36. The summed E-state index contributed by atoms with van der Waals surface area (Å²) >= 11 is 3.41. The lowest BCUT2D eigenvalue weighted by atomic mass is 10.1. The van der Waals surface area contributed by atoms with E-state index in [0.717, 1.165) is 15.6 Å². The number of aryl methyl sites for hydroxylation is 1. The Hall–Kier alpha value is -1.68. The minimum absolute atomic E-state index is 0.279. The first-order valence-corrected chi connectivity index (χ1v) is 6.64. The van der Waals surface area contributed by atoms with Crippen molar-refractivity contribution in [3.63, 3.8) is 0 Å². The van der Waals surface area contributed by atoms with Crippen molar-refractivity contribution in [3.05, 3.63) is 69.4 Å². The lowest BCUT2D eigenvalue weighted by molar-refractivity contribution is 0.0950. The Bertz CT molecular complexity index is 593. The fraction of sp³-hybridized carbons (Fsp3) is 0.133. The Morgan fingerprint density at radius 2 is 2.00 bits per heavy atom. The van der Waals surface area contributed by atoms with Crippen LogP contribution < -0.4 is 5.32 Å². The Kier molecular flexibility index (Phi) is 4.32. The molecule has 0 saturated heterocycles. The maximum Gasteiger partial charge on any atom is 0.251 e. The summed E-state index contributed by atoms with van der Waals surface area (Å²) in [5.41, 5.74) is 2.04. The summed E-state index contributed by atoms with van der Waals surface area (Å²) in [5.74, 6) is -0.676. The maximum absolute atomic E-state index is 13.2. The maximum atomic E-state index is 13.2. The Morgan fingerprint density at radius 1 is 1.26 bits per heavy atom. The molecule has 0 aliphatic carbocycles. The van der Waals surface area contributed by atoms with Gasteiger partial charge >= 0.3 is 0 Å². The summed E-state index contributed by atoms with van der Waals surface area (Å²) in [5, 5.41) is 2.77. The van der Waals surface area contributed by atoms with E-state index in [4.69, 9.17) is 0 Å². The monoisotopic (exact) mass is 321 g/mol. The van der Waals surface area contributed by atoms with E-state index < -0.39 is 5.82 Å². The van der Waals surface area contributed by atoms with Gasteiger partial charge < -0.3 is 5.32 Å². The van der Waals surface area contributed by atoms with Gasteiger partial charge in [0, 0.05) is 16.6 Å². The van der Waals surface area contributed by atoms with Crippen LogP contribution >= 0.6 is 15.9 Å². The van der Waals surface area contributed by atoms with Crippen LogP contribution in [0.4, 0.5) is 4.39 Å². The molecule has 0 aromatic heterocycles. The van der Waals surface area contributed by atoms with E-state index in [2.05, 4.69) is 21.2 Å². The third-order valence-corrected chi connectivity index (χ3v) is 3.48. The zero-order valence-electron chi connectivity index (χ0n) is 10.4. The second kappa shape index (κ2) is 5.97. The summed E-state index contributed by atoms with van der Waals surface area (Å²) in [6.07, 6.45) is 0. The molecule has 0 heterocycles. The number of rotatable bonds is 3. The van der Waals surface area contributed by atoms with E-state index in [9.17, 15) is 9.18 Å². The van der Waals surface area contributed by atoms with Gasteiger partial charge in [-0.25, -0.2) is 4.39 Å². The van der Waals surface area contributed by atoms with Gasteiger partial charge in [0.2, 0.25) is 0 Å². The van der Waals surface area contributed by atoms with Gasteiger partial charge in [-0.15, -0.1) is 0 Å². The number of nitrogens with one attached hydrogen (secondary N) is 1. The smallest absolute Gasteiger partial charge is 0.251 e. The highest BCUT2D eigenvalue weighted by molar-refractivity contribution is 9.10. The van der Waals surface area contributed by atoms with Crippen molar-refractivity contribution in [2.45, 2.75) is 13.5 Å². The molecule has 0 atom stereocenters. The largest absolute Gasteiger partial charge is 0.348 e. The lowest BCUT2D eigenvalue weighted by Gasteiger charge is -2.08. The molecule has 98 valence electrons. The van der Waals surface area contributed by atoms with Crippen LogP contribution in [-0.4, -0.2) is 5.91 Å². The summed E-state index contributed by atoms with van der Waals surface area (Å²) in [4.78, 5) is 11.9. The molecule has 0 saturated carbocycles. The van der Waals surface area contributed by atoms with E-state index in [1.54, 1.807) is 13.0 Å². The topological polar surface area (TPSA) is 29.1 Å². The minimum atomic E-state index is -0.397. The third kappa shape index (κ3) is 3.64. The predicted octanol–water partition coefficient (Wildman–Crippen LogP) is 3.83. The molecule has 2 rings (SSSR count). The molecular formula is C15H13BrFNO. The van der Waals surface area contributed by atoms with E-state index in [1.165, 1.54) is 12.1 Å². The molecule has 0 unspecified atom stereocenters. The molecule has 0 aliphatic heterocycles. The van der Waals surface area contributed by atoms with E-state index in [0.29, 0.717) is 12.1 Å². The Balaban J connectivity index is 2.08. The summed E-state index contributed by atoms with van der Waals surface area (Å²) in [7, 11) is 0. The lowest BCUT2D eigenvalue weighted by Crippen LogP contribution is -2.23. The zero-order chi connectivity index (χ0) is 13.8. The number of hydrogen-bond acceptors (Lipinski definition) is 1. The van der Waals surface area contributed by atoms with Gasteiger partial charge in [0.05, 0.1) is 0 Å². The van der Waals surface area contributed by atoms with Gasteiger partial charge in [0.15, 0.2) is 0 Å². The van der Waals surface area contributed by atoms with E-state index in [1.807, 2.05) is 24.3 Å². The van der Waals surface area contributed by atoms with Crippen LogP contribution in [0, 0.1) is 12.7 Å². The van der Waals surface area contributed by atoms with Crippen molar-refractivity contribution in [2.24, 2.45) is 0 Å². The molecule has 2 aromatic carbocycles. The van der Waals surface area contributed by atoms with Crippen LogP contribution in [0.5, 0.6) is 0 Å². The number of carbonyl (C=O) groups is 1. The van der Waals surface area contributed by atoms with Crippen LogP contribution in [0.3, 0.4) is 0 Å². The fourth-order valence-corrected chi connectivity index (χ4v) is 2.21. The molecule has 0 spiro atoms. The number of hydrogen-bond donors (Lipinski definition) is 1. The highest BCUT2D eigenvalue weighted by Crippen LogP contribution is 2.15. The van der Waals surface area contributed by atoms with Gasteiger partial charge in [-0.2, -0.15) is 0 Å². The molecular weight excluding hydrogens is 309 g/mol. The van der Waals surface area contributed by atoms with Crippen LogP contribution in [0.15, 0.2) is 46.9 Å². The first-order chi connectivity index (χ1) is 9.06. The van der Waals surface area contributed by atoms with Crippen LogP contribution in [0.2, 0.25) is 0 Å². The molecule has 0 fully saturated rings. The number of amides is 1. The molecule has 1 amide bonds. The van der Waals surface area contributed by atoms with Gasteiger partial charge in [-0.05, 0) is 42.3 Å². The van der Waals surface area contributed by atoms with E-state index >= 15 is 0 Å². The zero-order valence-corrected chi connectivity index (χ0v) is 12.0. The van der Waals surface area contributed by atoms with Crippen molar-refractivity contribution < 1.29 is 9.18 Å². The highest BCUT2D eigenvalue weighted by atomic mass is 79.9. The SMILES string of the molecule is Cc1cc(F)cc(C(=O)NCc2ccccc2Br)c1. The van der Waals surface area contributed by atoms with Crippen LogP contribution in [0.1, 0.15) is 21.5 Å². The van der Waals surface area contributed by atoms with Crippen molar-refractivity contribution in [1.29, 1.82) is 0 Å². The van der Waals surface area contributed by atoms with Crippen molar-refractivity contribution in [2.75, 3.05) is 0 Å². The van der Waals surface area contributed by atoms with Gasteiger partial charge in [-0.1, -0.05) is 34.1 Å². The second-order valence-electron chi connectivity index (χ2n) is 4.29. The molecule has 0 radical (unpaired) electrons. The molecule has 4 heteroatoms. The second-order valence-corrected chi connectivity index (χ2v) is 5.15. The first kappa shape index (κ1) is 13.7. The third-order valence-electron chi connectivity index (χ3n) is 2.70. The molecule has 1 N–H and O–H groups in total. The summed E-state index contributed by atoms with van der Waals surface area (Å²) in [6.45, 7) is 2.16. The quantitative estimate of drug-likeness (QED) is 0.914. The minimum Gasteiger partial charge on any atom is -0.348 e. The van der Waals surface area contributed by atoms with Crippen molar-refractivity contribution >= 4 is 21.8 Å².